The van der Waals surface area contributed by atoms with Crippen LogP contribution in [0.3, 0.4) is 0 Å². The van der Waals surface area contributed by atoms with Gasteiger partial charge in [0.05, 0.1) is 16.0 Å². The SMILES string of the molecule is NC(=O)C12CC3CC(CC(NC(=O)c4cccc(Cl)c4F)(C3)C1)C2. The Labute approximate surface area is 144 Å². The summed E-state index contributed by atoms with van der Waals surface area (Å²) in [5, 5.41) is 2.98. The first-order valence-corrected chi connectivity index (χ1v) is 8.77. The fourth-order valence-corrected chi connectivity index (χ4v) is 5.86. The fourth-order valence-electron chi connectivity index (χ4n) is 5.68. The Kier molecular flexibility index (Phi) is 3.43. The largest absolute Gasteiger partial charge is 0.369 e. The summed E-state index contributed by atoms with van der Waals surface area (Å²) in [4.78, 5) is 24.7. The molecule has 1 aromatic carbocycles. The maximum atomic E-state index is 14.1. The molecule has 4 fully saturated rings. The summed E-state index contributed by atoms with van der Waals surface area (Å²) in [6, 6.07) is 4.41. The Hall–Kier alpha value is -1.62. The first-order chi connectivity index (χ1) is 11.3. The smallest absolute Gasteiger partial charge is 0.254 e. The van der Waals surface area contributed by atoms with Crippen molar-refractivity contribution in [3.8, 4) is 0 Å². The molecule has 4 nitrogen and oxygen atoms in total. The predicted molar refractivity (Wildman–Crippen MR) is 87.9 cm³/mol. The average Bonchev–Trinajstić information content (AvgIpc) is 2.48. The summed E-state index contributed by atoms with van der Waals surface area (Å²) >= 11 is 5.78. The molecular formula is C18H20ClFN2O2. The predicted octanol–water partition coefficient (Wildman–Crippen LogP) is 3.03. The number of hydrogen-bond donors (Lipinski definition) is 2. The number of rotatable bonds is 3. The Bertz CT molecular complexity index is 722. The van der Waals surface area contributed by atoms with E-state index in [1.807, 2.05) is 0 Å². The topological polar surface area (TPSA) is 72.2 Å². The molecular weight excluding hydrogens is 331 g/mol. The zero-order chi connectivity index (χ0) is 17.1. The van der Waals surface area contributed by atoms with Crippen LogP contribution in [0, 0.1) is 23.1 Å². The molecule has 0 radical (unpaired) electrons. The number of halogens is 2. The van der Waals surface area contributed by atoms with Crippen LogP contribution in [0.4, 0.5) is 4.39 Å². The number of nitrogens with one attached hydrogen (secondary N) is 1. The Morgan fingerprint density at radius 2 is 1.88 bits per heavy atom. The molecule has 2 unspecified atom stereocenters. The third-order valence-electron chi connectivity index (χ3n) is 6.16. The van der Waals surface area contributed by atoms with E-state index in [2.05, 4.69) is 5.32 Å². The van der Waals surface area contributed by atoms with Gasteiger partial charge in [0.2, 0.25) is 5.91 Å². The number of carbonyl (C=O) groups is 2. The van der Waals surface area contributed by atoms with E-state index < -0.39 is 22.7 Å². The molecule has 128 valence electrons. The first kappa shape index (κ1) is 15.9. The van der Waals surface area contributed by atoms with Gasteiger partial charge in [0.1, 0.15) is 0 Å². The highest BCUT2D eigenvalue weighted by Gasteiger charge is 2.60. The van der Waals surface area contributed by atoms with Crippen molar-refractivity contribution >= 4 is 23.4 Å². The molecule has 4 saturated carbocycles. The molecule has 0 saturated heterocycles. The third-order valence-corrected chi connectivity index (χ3v) is 6.45. The van der Waals surface area contributed by atoms with Gasteiger partial charge in [-0.15, -0.1) is 0 Å². The highest BCUT2D eigenvalue weighted by atomic mass is 35.5. The maximum absolute atomic E-state index is 14.1. The Morgan fingerprint density at radius 3 is 2.50 bits per heavy atom. The van der Waals surface area contributed by atoms with Crippen molar-refractivity contribution in [2.75, 3.05) is 0 Å². The molecule has 0 spiro atoms. The van der Waals surface area contributed by atoms with Crippen molar-refractivity contribution in [1.82, 2.24) is 5.32 Å². The fraction of sp³-hybridized carbons (Fsp3) is 0.556. The van der Waals surface area contributed by atoms with E-state index in [9.17, 15) is 14.0 Å². The van der Waals surface area contributed by atoms with Crippen LogP contribution in [-0.2, 0) is 4.79 Å². The molecule has 0 heterocycles. The van der Waals surface area contributed by atoms with Crippen molar-refractivity contribution < 1.29 is 14.0 Å². The lowest BCUT2D eigenvalue weighted by molar-refractivity contribution is -0.146. The number of carbonyl (C=O) groups excluding carboxylic acids is 2. The molecule has 24 heavy (non-hydrogen) atoms. The summed E-state index contributed by atoms with van der Waals surface area (Å²) < 4.78 is 14.1. The molecule has 6 heteroatoms. The zero-order valence-electron chi connectivity index (χ0n) is 13.3. The molecule has 2 atom stereocenters. The van der Waals surface area contributed by atoms with Crippen LogP contribution in [-0.4, -0.2) is 17.4 Å². The Balaban J connectivity index is 1.63. The Morgan fingerprint density at radius 1 is 1.21 bits per heavy atom. The summed E-state index contributed by atoms with van der Waals surface area (Å²) in [5.74, 6) is -0.613. The van der Waals surface area contributed by atoms with Gasteiger partial charge in [-0.2, -0.15) is 0 Å². The lowest BCUT2D eigenvalue weighted by atomic mass is 9.46. The second-order valence-electron chi connectivity index (χ2n) is 7.94. The number of amides is 2. The molecule has 4 aliphatic rings. The van der Waals surface area contributed by atoms with Crippen molar-refractivity contribution in [2.24, 2.45) is 23.0 Å². The van der Waals surface area contributed by atoms with E-state index in [1.165, 1.54) is 12.1 Å². The molecule has 4 aliphatic carbocycles. The summed E-state index contributed by atoms with van der Waals surface area (Å²) in [6.45, 7) is 0. The van der Waals surface area contributed by atoms with Crippen LogP contribution >= 0.6 is 11.6 Å². The van der Waals surface area contributed by atoms with Crippen LogP contribution < -0.4 is 11.1 Å². The van der Waals surface area contributed by atoms with Gasteiger partial charge in [0.15, 0.2) is 5.82 Å². The molecule has 3 N–H and O–H groups in total. The first-order valence-electron chi connectivity index (χ1n) is 8.39. The average molecular weight is 351 g/mol. The van der Waals surface area contributed by atoms with E-state index >= 15 is 0 Å². The van der Waals surface area contributed by atoms with Gasteiger partial charge >= 0.3 is 0 Å². The van der Waals surface area contributed by atoms with Crippen LogP contribution in [0.25, 0.3) is 0 Å². The highest BCUT2D eigenvalue weighted by Crippen LogP contribution is 2.61. The van der Waals surface area contributed by atoms with E-state index in [1.54, 1.807) is 6.07 Å². The lowest BCUT2D eigenvalue weighted by Crippen LogP contribution is -2.65. The molecule has 4 bridgehead atoms. The molecule has 5 rings (SSSR count). The number of benzene rings is 1. The minimum Gasteiger partial charge on any atom is -0.369 e. The standard InChI is InChI=1S/C18H20ClFN2O2/c19-13-3-1-2-12(14(13)20)15(23)22-18-7-10-4-11(8-18)6-17(5-10,9-18)16(21)24/h1-3,10-11H,4-9H2,(H2,21,24)(H,22,23). The normalized spacial score (nSPS) is 36.6. The van der Waals surface area contributed by atoms with E-state index in [-0.39, 0.29) is 16.5 Å². The van der Waals surface area contributed by atoms with Crippen LogP contribution in [0.15, 0.2) is 18.2 Å². The monoisotopic (exact) mass is 350 g/mol. The highest BCUT2D eigenvalue weighted by molar-refractivity contribution is 6.31. The maximum Gasteiger partial charge on any atom is 0.254 e. The summed E-state index contributed by atoms with van der Waals surface area (Å²) in [6.07, 6.45) is 4.98. The minimum absolute atomic E-state index is 0.0497. The van der Waals surface area contributed by atoms with Crippen molar-refractivity contribution in [3.05, 3.63) is 34.6 Å². The summed E-state index contributed by atoms with van der Waals surface area (Å²) in [7, 11) is 0. The van der Waals surface area contributed by atoms with E-state index in [0.29, 0.717) is 18.3 Å². The van der Waals surface area contributed by atoms with Gasteiger partial charge in [-0.25, -0.2) is 4.39 Å². The van der Waals surface area contributed by atoms with Gasteiger partial charge in [-0.3, -0.25) is 9.59 Å². The van der Waals surface area contributed by atoms with Crippen LogP contribution in [0.1, 0.15) is 48.9 Å². The summed E-state index contributed by atoms with van der Waals surface area (Å²) in [5.41, 5.74) is 4.69. The zero-order valence-corrected chi connectivity index (χ0v) is 14.0. The lowest BCUT2D eigenvalue weighted by Gasteiger charge is -2.61. The molecule has 0 aliphatic heterocycles. The van der Waals surface area contributed by atoms with Gasteiger partial charge in [-0.05, 0) is 62.5 Å². The minimum atomic E-state index is -0.703. The quantitative estimate of drug-likeness (QED) is 0.879. The molecule has 1 aromatic rings. The molecule has 0 aromatic heterocycles. The van der Waals surface area contributed by atoms with Gasteiger partial charge in [0.25, 0.3) is 5.91 Å². The number of nitrogens with two attached hydrogens (primary N) is 1. The molecule has 2 amide bonds. The van der Waals surface area contributed by atoms with Crippen LogP contribution in [0.2, 0.25) is 5.02 Å². The van der Waals surface area contributed by atoms with E-state index in [0.717, 1.165) is 32.1 Å². The second-order valence-corrected chi connectivity index (χ2v) is 8.35. The van der Waals surface area contributed by atoms with Crippen LogP contribution in [0.5, 0.6) is 0 Å². The number of primary amides is 1. The van der Waals surface area contributed by atoms with Crippen molar-refractivity contribution in [1.29, 1.82) is 0 Å². The van der Waals surface area contributed by atoms with Crippen molar-refractivity contribution in [3.63, 3.8) is 0 Å². The number of hydrogen-bond acceptors (Lipinski definition) is 2. The second kappa shape index (κ2) is 5.19. The van der Waals surface area contributed by atoms with Gasteiger partial charge < -0.3 is 11.1 Å². The van der Waals surface area contributed by atoms with Gasteiger partial charge in [-0.1, -0.05) is 17.7 Å². The third kappa shape index (κ3) is 2.32. The van der Waals surface area contributed by atoms with Gasteiger partial charge in [0, 0.05) is 5.54 Å². The van der Waals surface area contributed by atoms with Crippen molar-refractivity contribution in [2.45, 2.75) is 44.1 Å². The van der Waals surface area contributed by atoms with E-state index in [4.69, 9.17) is 17.3 Å².